The van der Waals surface area contributed by atoms with Gasteiger partial charge in [-0.2, -0.15) is 9.13 Å². The number of hydrogen-bond acceptors (Lipinski definition) is 1. The highest BCUT2D eigenvalue weighted by Gasteiger charge is 2.48. The molecule has 6 heterocycles. The van der Waals surface area contributed by atoms with E-state index in [1.807, 2.05) is 0 Å². The highest BCUT2D eigenvalue weighted by atomic mass is 15.1. The van der Waals surface area contributed by atoms with E-state index < -0.39 is 0 Å². The molecule has 0 N–H and O–H groups in total. The highest BCUT2D eigenvalue weighted by Crippen LogP contribution is 2.44. The summed E-state index contributed by atoms with van der Waals surface area (Å²) in [7, 11) is 0. The Kier molecular flexibility index (Phi) is 5.55. The molecule has 1 unspecified atom stereocenters. The van der Waals surface area contributed by atoms with Crippen molar-refractivity contribution in [1.29, 1.82) is 0 Å². The van der Waals surface area contributed by atoms with E-state index in [0.717, 1.165) is 41.3 Å². The molecule has 0 saturated carbocycles. The molecule has 0 radical (unpaired) electrons. The van der Waals surface area contributed by atoms with Crippen molar-refractivity contribution in [3.05, 3.63) is 140 Å². The molecule has 0 fully saturated rings. The van der Waals surface area contributed by atoms with Crippen LogP contribution >= 0.6 is 0 Å². The van der Waals surface area contributed by atoms with Gasteiger partial charge in [0.05, 0.1) is 28.5 Å². The minimum absolute atomic E-state index is 0.0910. The number of rotatable bonds is 3. The maximum Gasteiger partial charge on any atom is 0.344 e. The predicted octanol–water partition coefficient (Wildman–Crippen LogP) is 8.93. The van der Waals surface area contributed by atoms with Crippen molar-refractivity contribution < 1.29 is 9.13 Å². The molecule has 0 amide bonds. The minimum Gasteiger partial charge on any atom is -0.272 e. The molecule has 1 aliphatic heterocycles. The van der Waals surface area contributed by atoms with Gasteiger partial charge in [0.15, 0.2) is 11.7 Å². The fourth-order valence-electron chi connectivity index (χ4n) is 8.41. The smallest absolute Gasteiger partial charge is 0.272 e. The number of benzene rings is 3. The van der Waals surface area contributed by atoms with E-state index in [-0.39, 0.29) is 11.5 Å². The minimum atomic E-state index is -0.233. The van der Waals surface area contributed by atoms with E-state index in [9.17, 15) is 0 Å². The SMILES string of the molecule is C=CC1c2ccccc2-c2cccc[n+]2-c2nc3c(cc2-c2cccc[n+]2C1(CC)CC)c1cccc2c4ccccc4n3c21. The molecule has 1 atom stereocenters. The molecule has 1 aliphatic rings. The van der Waals surface area contributed by atoms with E-state index in [2.05, 4.69) is 162 Å². The lowest BCUT2D eigenvalue weighted by Crippen LogP contribution is -2.60. The zero-order valence-electron chi connectivity index (χ0n) is 25.6. The molecule has 0 spiro atoms. The molecule has 8 aromatic rings. The predicted molar refractivity (Wildman–Crippen MR) is 183 cm³/mol. The van der Waals surface area contributed by atoms with Crippen molar-refractivity contribution in [2.24, 2.45) is 0 Å². The Morgan fingerprint density at radius 3 is 2.24 bits per heavy atom. The number of aromatic nitrogens is 4. The summed E-state index contributed by atoms with van der Waals surface area (Å²) in [6.07, 6.45) is 8.52. The third-order valence-corrected chi connectivity index (χ3v) is 10.5. The van der Waals surface area contributed by atoms with Crippen LogP contribution in [0, 0.1) is 0 Å². The van der Waals surface area contributed by atoms with Crippen LogP contribution in [0.4, 0.5) is 0 Å². The van der Waals surface area contributed by atoms with Crippen LogP contribution in [0.25, 0.3) is 66.6 Å². The van der Waals surface area contributed by atoms with Gasteiger partial charge >= 0.3 is 5.82 Å². The second-order valence-corrected chi connectivity index (χ2v) is 12.3. The van der Waals surface area contributed by atoms with Crippen LogP contribution in [0.1, 0.15) is 38.2 Å². The Bertz CT molecular complexity index is 2450. The molecule has 0 saturated heterocycles. The van der Waals surface area contributed by atoms with Crippen molar-refractivity contribution in [3.8, 4) is 28.3 Å². The summed E-state index contributed by atoms with van der Waals surface area (Å²) in [5.41, 5.74) is 9.07. The van der Waals surface area contributed by atoms with E-state index in [0.29, 0.717) is 0 Å². The number of fused-ring (bicyclic) bond motifs is 13. The normalized spacial score (nSPS) is 15.6. The molecular weight excluding hydrogens is 548 g/mol. The van der Waals surface area contributed by atoms with Crippen molar-refractivity contribution in [2.75, 3.05) is 0 Å². The molecule has 45 heavy (non-hydrogen) atoms. The first-order valence-corrected chi connectivity index (χ1v) is 16.0. The zero-order valence-corrected chi connectivity index (χ0v) is 25.6. The Hall–Kier alpha value is -5.35. The largest absolute Gasteiger partial charge is 0.344 e. The number of allylic oxidation sites excluding steroid dienone is 1. The van der Waals surface area contributed by atoms with Crippen LogP contribution in [-0.4, -0.2) is 9.38 Å². The van der Waals surface area contributed by atoms with Crippen molar-refractivity contribution >= 4 is 38.2 Å². The van der Waals surface area contributed by atoms with E-state index in [4.69, 9.17) is 4.98 Å². The lowest BCUT2D eigenvalue weighted by atomic mass is 9.73. The quantitative estimate of drug-likeness (QED) is 0.151. The van der Waals surface area contributed by atoms with Gasteiger partial charge in [-0.05, 0) is 40.9 Å². The molecule has 0 aliphatic carbocycles. The monoisotopic (exact) mass is 582 g/mol. The molecule has 216 valence electrons. The topological polar surface area (TPSA) is 25.1 Å². The highest BCUT2D eigenvalue weighted by molar-refractivity contribution is 6.23. The fourth-order valence-corrected chi connectivity index (χ4v) is 8.41. The van der Waals surface area contributed by atoms with E-state index in [1.54, 1.807) is 0 Å². The first-order chi connectivity index (χ1) is 22.2. The maximum atomic E-state index is 5.67. The molecular formula is C41H34N4+2. The Morgan fingerprint density at radius 1 is 0.733 bits per heavy atom. The van der Waals surface area contributed by atoms with Gasteiger partial charge in [-0.3, -0.25) is 4.40 Å². The summed E-state index contributed by atoms with van der Waals surface area (Å²) in [6.45, 7) is 9.09. The second-order valence-electron chi connectivity index (χ2n) is 12.3. The maximum absolute atomic E-state index is 5.67. The summed E-state index contributed by atoms with van der Waals surface area (Å²) < 4.78 is 7.20. The number of pyridine rings is 3. The van der Waals surface area contributed by atoms with Crippen LogP contribution in [0.5, 0.6) is 0 Å². The molecule has 0 bridgehead atoms. The Morgan fingerprint density at radius 2 is 1.42 bits per heavy atom. The molecule has 4 nitrogen and oxygen atoms in total. The third-order valence-electron chi connectivity index (χ3n) is 10.5. The summed E-state index contributed by atoms with van der Waals surface area (Å²) >= 11 is 0. The van der Waals surface area contributed by atoms with Crippen molar-refractivity contribution in [3.63, 3.8) is 0 Å². The Balaban J connectivity index is 1.52. The molecule has 3 aromatic carbocycles. The fraction of sp³-hybridized carbons (Fsp3) is 0.146. The van der Waals surface area contributed by atoms with Gasteiger partial charge in [-0.1, -0.05) is 86.7 Å². The van der Waals surface area contributed by atoms with Gasteiger partial charge in [0.25, 0.3) is 5.65 Å². The van der Waals surface area contributed by atoms with Crippen molar-refractivity contribution in [2.45, 2.75) is 38.1 Å². The van der Waals surface area contributed by atoms with Gasteiger partial charge in [0, 0.05) is 46.7 Å². The summed E-state index contributed by atoms with van der Waals surface area (Å²) in [4.78, 5) is 5.67. The zero-order chi connectivity index (χ0) is 30.3. The van der Waals surface area contributed by atoms with Crippen LogP contribution in [0.3, 0.4) is 0 Å². The first kappa shape index (κ1) is 26.1. The van der Waals surface area contributed by atoms with Gasteiger partial charge in [-0.25, -0.2) is 0 Å². The molecule has 5 aromatic heterocycles. The molecule has 9 rings (SSSR count). The Labute approximate surface area is 262 Å². The summed E-state index contributed by atoms with van der Waals surface area (Å²) in [5, 5.41) is 4.93. The van der Waals surface area contributed by atoms with Gasteiger partial charge < -0.3 is 0 Å². The number of hydrogen-bond donors (Lipinski definition) is 0. The van der Waals surface area contributed by atoms with Crippen LogP contribution in [0.2, 0.25) is 0 Å². The number of para-hydroxylation sites is 2. The van der Waals surface area contributed by atoms with E-state index in [1.165, 1.54) is 43.7 Å². The van der Waals surface area contributed by atoms with Crippen LogP contribution in [-0.2, 0) is 5.54 Å². The van der Waals surface area contributed by atoms with Crippen LogP contribution in [0.15, 0.2) is 134 Å². The lowest BCUT2D eigenvalue weighted by Gasteiger charge is -2.35. The van der Waals surface area contributed by atoms with Crippen molar-refractivity contribution in [1.82, 2.24) is 9.38 Å². The molecule has 4 heteroatoms. The first-order valence-electron chi connectivity index (χ1n) is 16.0. The standard InChI is InChI=1S/C41H34N4/c1-4-34-27-16-7-8-17-28(27)35-21-11-13-24-43(35)39-33(36-22-12-14-25-44(36)41(34,5-2)6-3)26-32-31-20-15-19-30-29-18-9-10-23-37(29)45(38(30)31)40(32)42-39/h4,7-26,34H,1,5-6H2,2-3H3/q+2. The second kappa shape index (κ2) is 9.57. The average Bonchev–Trinajstić information content (AvgIpc) is 3.62. The van der Waals surface area contributed by atoms with Gasteiger partial charge in [0.1, 0.15) is 11.3 Å². The van der Waals surface area contributed by atoms with Crippen LogP contribution < -0.4 is 9.13 Å². The third kappa shape index (κ3) is 3.34. The summed E-state index contributed by atoms with van der Waals surface area (Å²) in [5.74, 6) is 1.02. The van der Waals surface area contributed by atoms with Gasteiger partial charge in [0.2, 0.25) is 5.69 Å². The summed E-state index contributed by atoms with van der Waals surface area (Å²) in [6, 6.07) is 39.7. The lowest BCUT2D eigenvalue weighted by molar-refractivity contribution is -0.759. The van der Waals surface area contributed by atoms with E-state index >= 15 is 0 Å². The number of nitrogens with zero attached hydrogens (tertiary/aromatic N) is 4. The van der Waals surface area contributed by atoms with Gasteiger partial charge in [-0.15, -0.1) is 6.58 Å². The average molecular weight is 583 g/mol.